The summed E-state index contributed by atoms with van der Waals surface area (Å²) in [5.41, 5.74) is 6.98. The van der Waals surface area contributed by atoms with Crippen molar-refractivity contribution >= 4 is 16.8 Å². The first kappa shape index (κ1) is 17.8. The first-order valence-corrected chi connectivity index (χ1v) is 9.90. The van der Waals surface area contributed by atoms with Gasteiger partial charge in [0.2, 0.25) is 0 Å². The van der Waals surface area contributed by atoms with E-state index >= 15 is 0 Å². The number of methoxy groups -OCH3 is 1. The van der Waals surface area contributed by atoms with E-state index in [1.54, 1.807) is 13.4 Å². The molecular weight excluding hydrogens is 362 g/mol. The molecule has 5 rings (SSSR count). The number of pyridine rings is 1. The molecule has 4 aromatic rings. The van der Waals surface area contributed by atoms with E-state index in [0.717, 1.165) is 65.3 Å². The highest BCUT2D eigenvalue weighted by Crippen LogP contribution is 2.36. The van der Waals surface area contributed by atoms with E-state index in [2.05, 4.69) is 40.5 Å². The molecule has 1 N–H and O–H groups in total. The zero-order chi connectivity index (χ0) is 19.6. The second-order valence-electron chi connectivity index (χ2n) is 7.20. The lowest BCUT2D eigenvalue weighted by atomic mass is 10.0. The van der Waals surface area contributed by atoms with Gasteiger partial charge in [0.25, 0.3) is 0 Å². The van der Waals surface area contributed by atoms with Gasteiger partial charge in [0.15, 0.2) is 5.58 Å². The van der Waals surface area contributed by atoms with Crippen LogP contribution in [0, 0.1) is 0 Å². The Hall–Kier alpha value is -3.31. The molecule has 0 bridgehead atoms. The predicted molar refractivity (Wildman–Crippen MR) is 117 cm³/mol. The Balaban J connectivity index is 1.46. The third-order valence-corrected chi connectivity index (χ3v) is 5.49. The number of furan rings is 1. The molecule has 0 saturated carbocycles. The summed E-state index contributed by atoms with van der Waals surface area (Å²) in [6.07, 6.45) is 3.67. The SMILES string of the molecule is COc1ccccc1-c1coc2cc(-c3ccc(N4CCNCC4)cc3)cnc12. The van der Waals surface area contributed by atoms with E-state index in [9.17, 15) is 0 Å². The molecular formula is C24H23N3O2. The Labute approximate surface area is 169 Å². The van der Waals surface area contributed by atoms with Crippen molar-refractivity contribution in [2.75, 3.05) is 38.2 Å². The summed E-state index contributed by atoms with van der Waals surface area (Å²) in [6.45, 7) is 4.17. The minimum atomic E-state index is 0.773. The topological polar surface area (TPSA) is 50.5 Å². The molecule has 0 radical (unpaired) electrons. The molecule has 29 heavy (non-hydrogen) atoms. The van der Waals surface area contributed by atoms with Gasteiger partial charge in [0, 0.05) is 49.2 Å². The standard InChI is InChI=1S/C24H23N3O2/c1-28-22-5-3-2-4-20(22)21-16-29-23-14-18(15-26-24(21)23)17-6-8-19(9-7-17)27-12-10-25-11-13-27/h2-9,14-16,25H,10-13H2,1H3. The number of fused-ring (bicyclic) bond motifs is 1. The molecule has 1 aliphatic heterocycles. The summed E-state index contributed by atoms with van der Waals surface area (Å²) >= 11 is 0. The number of nitrogens with zero attached hydrogens (tertiary/aromatic N) is 2. The van der Waals surface area contributed by atoms with E-state index in [-0.39, 0.29) is 0 Å². The van der Waals surface area contributed by atoms with Gasteiger partial charge < -0.3 is 19.4 Å². The van der Waals surface area contributed by atoms with Crippen LogP contribution in [0.2, 0.25) is 0 Å². The second kappa shape index (κ2) is 7.60. The highest BCUT2D eigenvalue weighted by Gasteiger charge is 2.15. The van der Waals surface area contributed by atoms with E-state index < -0.39 is 0 Å². The fraction of sp³-hybridized carbons (Fsp3) is 0.208. The van der Waals surface area contributed by atoms with Crippen LogP contribution in [0.3, 0.4) is 0 Å². The van der Waals surface area contributed by atoms with Crippen molar-refractivity contribution in [2.45, 2.75) is 0 Å². The maximum atomic E-state index is 5.85. The van der Waals surface area contributed by atoms with Crippen LogP contribution in [0.4, 0.5) is 5.69 Å². The summed E-state index contributed by atoms with van der Waals surface area (Å²) in [5, 5.41) is 3.39. The number of anilines is 1. The first-order valence-electron chi connectivity index (χ1n) is 9.90. The largest absolute Gasteiger partial charge is 0.496 e. The second-order valence-corrected chi connectivity index (χ2v) is 7.20. The van der Waals surface area contributed by atoms with E-state index in [4.69, 9.17) is 14.1 Å². The van der Waals surface area contributed by atoms with Gasteiger partial charge in [0.05, 0.1) is 12.7 Å². The van der Waals surface area contributed by atoms with Crippen LogP contribution in [-0.2, 0) is 0 Å². The Morgan fingerprint density at radius 2 is 1.76 bits per heavy atom. The smallest absolute Gasteiger partial charge is 0.153 e. The molecule has 146 valence electrons. The van der Waals surface area contributed by atoms with Gasteiger partial charge in [-0.3, -0.25) is 4.98 Å². The Morgan fingerprint density at radius 3 is 2.55 bits per heavy atom. The van der Waals surface area contributed by atoms with Crippen LogP contribution in [0.25, 0.3) is 33.4 Å². The number of nitrogens with one attached hydrogen (secondary N) is 1. The van der Waals surface area contributed by atoms with Crippen LogP contribution in [0.1, 0.15) is 0 Å². The van der Waals surface area contributed by atoms with Gasteiger partial charge in [0.1, 0.15) is 17.5 Å². The fourth-order valence-electron chi connectivity index (χ4n) is 3.92. The number of piperazine rings is 1. The lowest BCUT2D eigenvalue weighted by Crippen LogP contribution is -2.43. The number of hydrogen-bond donors (Lipinski definition) is 1. The lowest BCUT2D eigenvalue weighted by molar-refractivity contribution is 0.416. The van der Waals surface area contributed by atoms with Crippen molar-refractivity contribution in [3.05, 3.63) is 67.1 Å². The van der Waals surface area contributed by atoms with Crippen molar-refractivity contribution in [1.29, 1.82) is 0 Å². The monoisotopic (exact) mass is 385 g/mol. The molecule has 0 aliphatic carbocycles. The molecule has 0 amide bonds. The number of benzene rings is 2. The van der Waals surface area contributed by atoms with E-state index in [1.165, 1.54) is 5.69 Å². The molecule has 2 aromatic heterocycles. The van der Waals surface area contributed by atoms with Crippen LogP contribution in [-0.4, -0.2) is 38.3 Å². The molecule has 3 heterocycles. The van der Waals surface area contributed by atoms with Crippen molar-refractivity contribution < 1.29 is 9.15 Å². The average Bonchev–Trinajstić information content (AvgIpc) is 3.23. The third-order valence-electron chi connectivity index (χ3n) is 5.49. The minimum absolute atomic E-state index is 0.773. The molecule has 2 aromatic carbocycles. The Morgan fingerprint density at radius 1 is 0.966 bits per heavy atom. The number of para-hydroxylation sites is 1. The van der Waals surface area contributed by atoms with Crippen LogP contribution < -0.4 is 15.0 Å². The summed E-state index contributed by atoms with van der Waals surface area (Å²) in [5.74, 6) is 0.810. The Bertz CT molecular complexity index is 1130. The molecule has 0 atom stereocenters. The maximum Gasteiger partial charge on any atom is 0.153 e. The number of rotatable bonds is 4. The summed E-state index contributed by atoms with van der Waals surface area (Å²) in [7, 11) is 1.68. The summed E-state index contributed by atoms with van der Waals surface area (Å²) in [6, 6.07) is 18.7. The van der Waals surface area contributed by atoms with Crippen molar-refractivity contribution in [2.24, 2.45) is 0 Å². The molecule has 0 spiro atoms. The minimum Gasteiger partial charge on any atom is -0.496 e. The van der Waals surface area contributed by atoms with Crippen molar-refractivity contribution in [1.82, 2.24) is 10.3 Å². The predicted octanol–water partition coefficient (Wildman–Crippen LogP) is 4.58. The normalized spacial score (nSPS) is 14.3. The molecule has 1 fully saturated rings. The number of ether oxygens (including phenoxy) is 1. The molecule has 5 heteroatoms. The number of hydrogen-bond acceptors (Lipinski definition) is 5. The summed E-state index contributed by atoms with van der Waals surface area (Å²) in [4.78, 5) is 7.12. The van der Waals surface area contributed by atoms with Crippen molar-refractivity contribution in [3.63, 3.8) is 0 Å². The van der Waals surface area contributed by atoms with Crippen LogP contribution >= 0.6 is 0 Å². The quantitative estimate of drug-likeness (QED) is 0.557. The summed E-state index contributed by atoms with van der Waals surface area (Å²) < 4.78 is 11.3. The van der Waals surface area contributed by atoms with Gasteiger partial charge in [-0.2, -0.15) is 0 Å². The van der Waals surface area contributed by atoms with E-state index in [0.29, 0.717) is 0 Å². The van der Waals surface area contributed by atoms with Gasteiger partial charge in [-0.25, -0.2) is 0 Å². The zero-order valence-electron chi connectivity index (χ0n) is 16.4. The third kappa shape index (κ3) is 3.34. The molecule has 0 unspecified atom stereocenters. The highest BCUT2D eigenvalue weighted by molar-refractivity contribution is 5.94. The van der Waals surface area contributed by atoms with Crippen molar-refractivity contribution in [3.8, 4) is 28.0 Å². The molecule has 5 nitrogen and oxygen atoms in total. The van der Waals surface area contributed by atoms with Crippen LogP contribution in [0.15, 0.2) is 71.5 Å². The van der Waals surface area contributed by atoms with Gasteiger partial charge in [-0.05, 0) is 29.8 Å². The van der Waals surface area contributed by atoms with Gasteiger partial charge >= 0.3 is 0 Å². The molecule has 1 aliphatic rings. The fourth-order valence-corrected chi connectivity index (χ4v) is 3.92. The lowest BCUT2D eigenvalue weighted by Gasteiger charge is -2.29. The average molecular weight is 385 g/mol. The first-order chi connectivity index (χ1) is 14.3. The van der Waals surface area contributed by atoms with E-state index in [1.807, 2.05) is 30.5 Å². The zero-order valence-corrected chi connectivity index (χ0v) is 16.4. The number of aromatic nitrogens is 1. The Kier molecular flexibility index (Phi) is 4.66. The maximum absolute atomic E-state index is 5.85. The highest BCUT2D eigenvalue weighted by atomic mass is 16.5. The van der Waals surface area contributed by atoms with Gasteiger partial charge in [-0.15, -0.1) is 0 Å². The molecule has 1 saturated heterocycles. The van der Waals surface area contributed by atoms with Gasteiger partial charge in [-0.1, -0.05) is 30.3 Å². The van der Waals surface area contributed by atoms with Crippen LogP contribution in [0.5, 0.6) is 5.75 Å².